The van der Waals surface area contributed by atoms with Crippen molar-refractivity contribution in [2.24, 2.45) is 5.92 Å². The molecule has 40 heavy (non-hydrogen) atoms. The molecular formula is C26H31F3N7O4+. The molecule has 4 rings (SSSR count). The average Bonchev–Trinajstić information content (AvgIpc) is 3.31. The number of urea groups is 1. The Morgan fingerprint density at radius 1 is 1.07 bits per heavy atom. The number of carbonyl (C=O) groups is 2. The highest BCUT2D eigenvalue weighted by atomic mass is 19.4. The third kappa shape index (κ3) is 8.15. The number of amides is 3. The molecule has 11 nitrogen and oxygen atoms in total. The van der Waals surface area contributed by atoms with E-state index in [0.717, 1.165) is 44.4 Å². The molecule has 3 aromatic rings. The van der Waals surface area contributed by atoms with Crippen molar-refractivity contribution in [1.82, 2.24) is 15.2 Å². The van der Waals surface area contributed by atoms with Gasteiger partial charge in [0, 0.05) is 42.5 Å². The van der Waals surface area contributed by atoms with Crippen LogP contribution in [0.3, 0.4) is 0 Å². The Bertz CT molecular complexity index is 1400. The van der Waals surface area contributed by atoms with Crippen LogP contribution in [0.1, 0.15) is 43.0 Å². The van der Waals surface area contributed by atoms with Crippen molar-refractivity contribution in [2.75, 3.05) is 36.6 Å². The normalized spacial score (nSPS) is 17.4. The van der Waals surface area contributed by atoms with E-state index in [1.165, 1.54) is 24.3 Å². The third-order valence-corrected chi connectivity index (χ3v) is 6.52. The summed E-state index contributed by atoms with van der Waals surface area (Å²) in [7, 11) is 4.10. The molecule has 0 spiro atoms. The fraction of sp³-hybridized carbons (Fsp3) is 0.423. The van der Waals surface area contributed by atoms with Crippen LogP contribution in [-0.4, -0.2) is 47.7 Å². The Balaban J connectivity index is 1.39. The second kappa shape index (κ2) is 12.3. The van der Waals surface area contributed by atoms with Crippen LogP contribution in [0.4, 0.5) is 35.2 Å². The Hall–Kier alpha value is -4.20. The number of hydrogen-bond donors (Lipinski definition) is 4. The van der Waals surface area contributed by atoms with Crippen LogP contribution in [0.2, 0.25) is 0 Å². The molecule has 14 heteroatoms. The van der Waals surface area contributed by atoms with Crippen LogP contribution in [0.25, 0.3) is 0 Å². The number of pyridine rings is 1. The number of alkyl halides is 3. The van der Waals surface area contributed by atoms with E-state index in [-0.39, 0.29) is 29.7 Å². The van der Waals surface area contributed by atoms with Gasteiger partial charge in [0.05, 0.1) is 12.0 Å². The standard InChI is InChI=1S/C26H30F3N7O4/c1-35(2)14-16-6-8-21(9-7-16)36-15-24(40-34-36)33-25(39)32-20-11-17(26(27,28)29)10-19(12-20)31-23(38)13-18-4-3-5-22(37)30-18/h3-5,10-12,15-16,21H,6-9,13-14H2,1-2H3,(H3-,30,31,32,33,34,37,38,39)/p+1. The fourth-order valence-corrected chi connectivity index (χ4v) is 4.78. The van der Waals surface area contributed by atoms with Crippen LogP contribution in [0.15, 0.2) is 51.9 Å². The van der Waals surface area contributed by atoms with Gasteiger partial charge in [-0.05, 0) is 61.8 Å². The van der Waals surface area contributed by atoms with Crippen molar-refractivity contribution in [2.45, 2.75) is 44.3 Å². The van der Waals surface area contributed by atoms with Crippen molar-refractivity contribution in [3.05, 3.63) is 64.2 Å². The van der Waals surface area contributed by atoms with Crippen molar-refractivity contribution in [3.8, 4) is 0 Å². The van der Waals surface area contributed by atoms with E-state index < -0.39 is 29.2 Å². The van der Waals surface area contributed by atoms with Gasteiger partial charge in [-0.15, -0.1) is 0 Å². The molecule has 1 aromatic carbocycles. The second-order valence-electron chi connectivity index (χ2n) is 10.1. The molecule has 1 aliphatic rings. The predicted molar refractivity (Wildman–Crippen MR) is 140 cm³/mol. The number of benzene rings is 1. The van der Waals surface area contributed by atoms with Gasteiger partial charge in [-0.25, -0.2) is 4.79 Å². The first-order valence-corrected chi connectivity index (χ1v) is 12.8. The molecular weight excluding hydrogens is 531 g/mol. The Labute approximate surface area is 227 Å². The molecule has 1 saturated carbocycles. The highest BCUT2D eigenvalue weighted by Crippen LogP contribution is 2.34. The van der Waals surface area contributed by atoms with E-state index in [1.54, 1.807) is 10.9 Å². The number of hydrogen-bond acceptors (Lipinski definition) is 6. The number of rotatable bonds is 8. The molecule has 214 valence electrons. The predicted octanol–water partition coefficient (Wildman–Crippen LogP) is 3.79. The van der Waals surface area contributed by atoms with Gasteiger partial charge in [-0.1, -0.05) is 6.07 Å². The molecule has 0 bridgehead atoms. The lowest BCUT2D eigenvalue weighted by Crippen LogP contribution is -2.43. The number of aromatic amines is 1. The average molecular weight is 563 g/mol. The summed E-state index contributed by atoms with van der Waals surface area (Å²) in [5.74, 6) is -0.00422. The number of H-pyrrole nitrogens is 1. The van der Waals surface area contributed by atoms with E-state index >= 15 is 0 Å². The molecule has 3 amide bonds. The van der Waals surface area contributed by atoms with E-state index in [1.807, 2.05) is 14.1 Å². The van der Waals surface area contributed by atoms with Gasteiger partial charge in [-0.2, -0.15) is 13.2 Å². The number of aromatic nitrogens is 3. The maximum absolute atomic E-state index is 13.5. The van der Waals surface area contributed by atoms with Crippen LogP contribution in [0.5, 0.6) is 0 Å². The highest BCUT2D eigenvalue weighted by Gasteiger charge is 2.32. The molecule has 2 aromatic heterocycles. The zero-order valence-electron chi connectivity index (χ0n) is 22.0. The van der Waals surface area contributed by atoms with Gasteiger partial charge >= 0.3 is 18.1 Å². The lowest BCUT2D eigenvalue weighted by molar-refractivity contribution is -0.787. The highest BCUT2D eigenvalue weighted by molar-refractivity contribution is 6.00. The lowest BCUT2D eigenvalue weighted by Gasteiger charge is -2.26. The number of nitrogens with one attached hydrogen (secondary N) is 4. The Morgan fingerprint density at radius 2 is 1.77 bits per heavy atom. The molecule has 1 fully saturated rings. The minimum atomic E-state index is -4.74. The number of carbonyl (C=O) groups excluding carboxylic acids is 2. The fourth-order valence-electron chi connectivity index (χ4n) is 4.78. The first-order valence-electron chi connectivity index (χ1n) is 12.8. The number of anilines is 3. The largest absolute Gasteiger partial charge is 0.416 e. The smallest absolute Gasteiger partial charge is 0.326 e. The van der Waals surface area contributed by atoms with E-state index in [2.05, 4.69) is 31.1 Å². The van der Waals surface area contributed by atoms with Gasteiger partial charge < -0.3 is 20.5 Å². The lowest BCUT2D eigenvalue weighted by atomic mass is 9.86. The quantitative estimate of drug-likeness (QED) is 0.309. The Kier molecular flexibility index (Phi) is 8.87. The van der Waals surface area contributed by atoms with Gasteiger partial charge in [0.15, 0.2) is 6.04 Å². The SMILES string of the molecule is CN(C)CC1CCC([n+]2cc(NC(=O)Nc3cc(NC(=O)Cc4cccc(=O)[nH]4)cc(C(F)(F)F)c3)on2)CC1. The summed E-state index contributed by atoms with van der Waals surface area (Å²) in [5, 5.41) is 11.1. The maximum Gasteiger partial charge on any atom is 0.416 e. The van der Waals surface area contributed by atoms with Crippen molar-refractivity contribution in [1.29, 1.82) is 0 Å². The number of nitrogens with zero attached hydrogens (tertiary/aromatic N) is 3. The minimum absolute atomic E-state index is 0.0327. The van der Waals surface area contributed by atoms with E-state index in [0.29, 0.717) is 11.6 Å². The first kappa shape index (κ1) is 28.8. The van der Waals surface area contributed by atoms with Crippen molar-refractivity contribution >= 4 is 29.2 Å². The van der Waals surface area contributed by atoms with Gasteiger partial charge in [-0.3, -0.25) is 19.4 Å². The summed E-state index contributed by atoms with van der Waals surface area (Å²) in [6.07, 6.45) is 0.467. The van der Waals surface area contributed by atoms with Crippen molar-refractivity contribution < 1.29 is 32.0 Å². The van der Waals surface area contributed by atoms with Crippen molar-refractivity contribution in [3.63, 3.8) is 0 Å². The molecule has 0 radical (unpaired) electrons. The zero-order chi connectivity index (χ0) is 28.9. The van der Waals surface area contributed by atoms with Crippen LogP contribution in [0, 0.1) is 5.92 Å². The summed E-state index contributed by atoms with van der Waals surface area (Å²) in [5.41, 5.74) is -1.58. The zero-order valence-corrected chi connectivity index (χ0v) is 22.0. The molecule has 1 aliphatic carbocycles. The summed E-state index contributed by atoms with van der Waals surface area (Å²) in [4.78, 5) is 41.0. The summed E-state index contributed by atoms with van der Waals surface area (Å²) >= 11 is 0. The third-order valence-electron chi connectivity index (χ3n) is 6.52. The molecule has 0 atom stereocenters. The topological polar surface area (TPSA) is 136 Å². The van der Waals surface area contributed by atoms with Crippen LogP contribution < -0.4 is 26.2 Å². The molecule has 2 heterocycles. The first-order chi connectivity index (χ1) is 18.9. The summed E-state index contributed by atoms with van der Waals surface area (Å²) in [6, 6.07) is 6.20. The molecule has 0 unspecified atom stereocenters. The maximum atomic E-state index is 13.5. The van der Waals surface area contributed by atoms with Crippen LogP contribution >= 0.6 is 0 Å². The van der Waals surface area contributed by atoms with Gasteiger partial charge in [0.25, 0.3) is 6.20 Å². The van der Waals surface area contributed by atoms with Gasteiger partial charge in [0.1, 0.15) is 0 Å². The summed E-state index contributed by atoms with van der Waals surface area (Å²) < 4.78 is 47.4. The monoisotopic (exact) mass is 562 g/mol. The molecule has 4 N–H and O–H groups in total. The Morgan fingerprint density at radius 3 is 2.42 bits per heavy atom. The summed E-state index contributed by atoms with van der Waals surface area (Å²) in [6.45, 7) is 1.03. The van der Waals surface area contributed by atoms with E-state index in [9.17, 15) is 27.6 Å². The minimum Gasteiger partial charge on any atom is -0.326 e. The molecule has 0 aliphatic heterocycles. The molecule has 0 saturated heterocycles. The van der Waals surface area contributed by atoms with Crippen LogP contribution in [-0.2, 0) is 17.4 Å². The second-order valence-corrected chi connectivity index (χ2v) is 10.1. The van der Waals surface area contributed by atoms with Gasteiger partial charge in [0.2, 0.25) is 16.7 Å². The number of halogens is 3. The van der Waals surface area contributed by atoms with E-state index in [4.69, 9.17) is 4.52 Å².